The molecule has 0 saturated carbocycles. The Labute approximate surface area is 139 Å². The molecule has 0 heterocycles. The zero-order chi connectivity index (χ0) is 17.0. The van der Waals surface area contributed by atoms with Crippen molar-refractivity contribution < 1.29 is 18.3 Å². The molecule has 2 aromatic rings. The van der Waals surface area contributed by atoms with Crippen LogP contribution in [0.5, 0.6) is 0 Å². The summed E-state index contributed by atoms with van der Waals surface area (Å²) in [5.41, 5.74) is 2.41. The average molecular weight is 350 g/mol. The number of carbonyl (C=O) groups excluding carboxylic acids is 1. The zero-order valence-corrected chi connectivity index (χ0v) is 14.3. The maximum atomic E-state index is 11.9. The van der Waals surface area contributed by atoms with Crippen LogP contribution in [0.1, 0.15) is 11.1 Å². The molecule has 0 aliphatic carbocycles. The smallest absolute Gasteiger partial charge is 0.240 e. The van der Waals surface area contributed by atoms with Crippen LogP contribution in [0.2, 0.25) is 0 Å². The number of carboxylic acid groups (broad SMARTS) is 1. The van der Waals surface area contributed by atoms with Crippen molar-refractivity contribution in [2.75, 3.05) is 6.54 Å². The normalized spacial score (nSPS) is 11.4. The summed E-state index contributed by atoms with van der Waals surface area (Å²) < 4.78 is 25.7. The molecule has 122 valence electrons. The minimum absolute atomic E-state index is 0.0168. The Hall–Kier alpha value is -1.83. The van der Waals surface area contributed by atoms with Gasteiger partial charge in [0.15, 0.2) is 0 Å². The van der Waals surface area contributed by atoms with Gasteiger partial charge < -0.3 is 9.90 Å². The predicted octanol–water partition coefficient (Wildman–Crippen LogP) is 1.48. The fourth-order valence-corrected chi connectivity index (χ4v) is 3.72. The van der Waals surface area contributed by atoms with E-state index in [0.717, 1.165) is 9.79 Å². The molecule has 1 N–H and O–H groups in total. The Morgan fingerprint density at radius 1 is 1.04 bits per heavy atom. The van der Waals surface area contributed by atoms with Gasteiger partial charge in [0.1, 0.15) is 0 Å². The maximum absolute atomic E-state index is 11.9. The second-order valence-corrected chi connectivity index (χ2v) is 7.93. The lowest BCUT2D eigenvalue weighted by molar-refractivity contribution is -0.303. The Morgan fingerprint density at radius 2 is 1.65 bits per heavy atom. The van der Waals surface area contributed by atoms with Crippen molar-refractivity contribution in [2.24, 2.45) is 0 Å². The number of aryl methyl sites for hydroxylation is 2. The number of benzene rings is 2. The van der Waals surface area contributed by atoms with Gasteiger partial charge in [-0.05, 0) is 61.4 Å². The highest BCUT2D eigenvalue weighted by molar-refractivity contribution is 7.99. The van der Waals surface area contributed by atoms with Crippen molar-refractivity contribution in [3.05, 3.63) is 53.6 Å². The van der Waals surface area contributed by atoms with E-state index >= 15 is 0 Å². The number of carboxylic acids is 1. The number of sulfonamides is 1. The highest BCUT2D eigenvalue weighted by Crippen LogP contribution is 2.29. The van der Waals surface area contributed by atoms with Gasteiger partial charge in [0.25, 0.3) is 0 Å². The zero-order valence-electron chi connectivity index (χ0n) is 12.7. The van der Waals surface area contributed by atoms with Gasteiger partial charge in [-0.2, -0.15) is 0 Å². The van der Waals surface area contributed by atoms with E-state index in [9.17, 15) is 18.3 Å². The molecule has 2 rings (SSSR count). The van der Waals surface area contributed by atoms with Gasteiger partial charge in [0.05, 0.1) is 17.4 Å². The van der Waals surface area contributed by atoms with Gasteiger partial charge in [-0.15, -0.1) is 0 Å². The highest BCUT2D eigenvalue weighted by atomic mass is 32.2. The van der Waals surface area contributed by atoms with Crippen molar-refractivity contribution in [3.8, 4) is 0 Å². The first-order valence-electron chi connectivity index (χ1n) is 6.82. The van der Waals surface area contributed by atoms with Crippen LogP contribution in [0, 0.1) is 13.8 Å². The SMILES string of the molecule is Cc1ccc(Sc2ccc(S(=O)(=O)NCC(=O)[O-])cc2)cc1C. The van der Waals surface area contributed by atoms with Crippen LogP contribution < -0.4 is 9.83 Å². The first-order valence-corrected chi connectivity index (χ1v) is 9.12. The molecule has 5 nitrogen and oxygen atoms in total. The minimum atomic E-state index is -3.84. The molecule has 23 heavy (non-hydrogen) atoms. The Kier molecular flexibility index (Phi) is 5.46. The Bertz CT molecular complexity index is 814. The van der Waals surface area contributed by atoms with E-state index in [1.165, 1.54) is 35.0 Å². The predicted molar refractivity (Wildman–Crippen MR) is 86.7 cm³/mol. The van der Waals surface area contributed by atoms with E-state index < -0.39 is 22.5 Å². The topological polar surface area (TPSA) is 86.3 Å². The Morgan fingerprint density at radius 3 is 2.22 bits per heavy atom. The van der Waals surface area contributed by atoms with Crippen LogP contribution in [-0.2, 0) is 14.8 Å². The molecule has 0 bridgehead atoms. The van der Waals surface area contributed by atoms with Crippen LogP contribution in [0.4, 0.5) is 0 Å². The molecule has 0 aliphatic rings. The second kappa shape index (κ2) is 7.16. The van der Waals surface area contributed by atoms with Gasteiger partial charge in [-0.1, -0.05) is 17.8 Å². The number of hydrogen-bond acceptors (Lipinski definition) is 5. The molecule has 0 saturated heterocycles. The molecule has 0 radical (unpaired) electrons. The third kappa shape index (κ3) is 4.82. The van der Waals surface area contributed by atoms with Crippen LogP contribution in [0.15, 0.2) is 57.2 Å². The van der Waals surface area contributed by atoms with Crippen LogP contribution >= 0.6 is 11.8 Å². The molecule has 7 heteroatoms. The molecule has 0 amide bonds. The van der Waals surface area contributed by atoms with Crippen molar-refractivity contribution in [2.45, 2.75) is 28.5 Å². The van der Waals surface area contributed by atoms with E-state index in [1.54, 1.807) is 12.1 Å². The molecule has 0 aromatic heterocycles. The molecule has 0 spiro atoms. The molecular weight excluding hydrogens is 334 g/mol. The van der Waals surface area contributed by atoms with Crippen molar-refractivity contribution in [1.29, 1.82) is 0 Å². The molecule has 0 unspecified atom stereocenters. The van der Waals surface area contributed by atoms with E-state index in [2.05, 4.69) is 6.07 Å². The van der Waals surface area contributed by atoms with E-state index in [1.807, 2.05) is 30.7 Å². The lowest BCUT2D eigenvalue weighted by Crippen LogP contribution is -2.37. The average Bonchev–Trinajstić information content (AvgIpc) is 2.50. The van der Waals surface area contributed by atoms with Gasteiger partial charge >= 0.3 is 0 Å². The van der Waals surface area contributed by atoms with Crippen molar-refractivity contribution in [1.82, 2.24) is 4.72 Å². The number of carbonyl (C=O) groups is 1. The third-order valence-corrected chi connectivity index (χ3v) is 5.67. The van der Waals surface area contributed by atoms with Crippen LogP contribution in [0.25, 0.3) is 0 Å². The third-order valence-electron chi connectivity index (χ3n) is 3.25. The summed E-state index contributed by atoms with van der Waals surface area (Å²) in [6, 6.07) is 12.4. The maximum Gasteiger partial charge on any atom is 0.240 e. The summed E-state index contributed by atoms with van der Waals surface area (Å²) in [7, 11) is -3.84. The monoisotopic (exact) mass is 350 g/mol. The summed E-state index contributed by atoms with van der Waals surface area (Å²) in [4.78, 5) is 12.3. The minimum Gasteiger partial charge on any atom is -0.549 e. The van der Waals surface area contributed by atoms with E-state index in [0.29, 0.717) is 0 Å². The number of nitrogens with one attached hydrogen (secondary N) is 1. The molecule has 0 atom stereocenters. The van der Waals surface area contributed by atoms with Gasteiger partial charge in [0.2, 0.25) is 10.0 Å². The standard InChI is InChI=1S/C16H17NO4S2/c1-11-3-4-14(9-12(11)2)22-13-5-7-15(8-6-13)23(20,21)17-10-16(18)19/h3-9,17H,10H2,1-2H3,(H,18,19)/p-1. The van der Waals surface area contributed by atoms with Crippen molar-refractivity contribution >= 4 is 27.8 Å². The molecule has 0 fully saturated rings. The lowest BCUT2D eigenvalue weighted by atomic mass is 10.1. The number of hydrogen-bond donors (Lipinski definition) is 1. The quantitative estimate of drug-likeness (QED) is 0.853. The Balaban J connectivity index is 2.12. The number of rotatable bonds is 6. The van der Waals surface area contributed by atoms with Gasteiger partial charge in [-0.25, -0.2) is 13.1 Å². The van der Waals surface area contributed by atoms with E-state index in [-0.39, 0.29) is 4.90 Å². The fourth-order valence-electron chi connectivity index (χ4n) is 1.84. The first-order chi connectivity index (χ1) is 10.8. The van der Waals surface area contributed by atoms with Gasteiger partial charge in [-0.3, -0.25) is 0 Å². The van der Waals surface area contributed by atoms with Crippen LogP contribution in [-0.4, -0.2) is 20.9 Å². The van der Waals surface area contributed by atoms with Gasteiger partial charge in [0, 0.05) is 9.79 Å². The molecule has 2 aromatic carbocycles. The fraction of sp³-hybridized carbons (Fsp3) is 0.188. The summed E-state index contributed by atoms with van der Waals surface area (Å²) in [6.07, 6.45) is 0. The summed E-state index contributed by atoms with van der Waals surface area (Å²) in [6.45, 7) is 3.34. The highest BCUT2D eigenvalue weighted by Gasteiger charge is 2.13. The number of aliphatic carboxylic acids is 1. The largest absolute Gasteiger partial charge is 0.549 e. The first kappa shape index (κ1) is 17.5. The lowest BCUT2D eigenvalue weighted by Gasteiger charge is -2.08. The summed E-state index contributed by atoms with van der Waals surface area (Å²) in [5.74, 6) is -1.48. The van der Waals surface area contributed by atoms with Crippen molar-refractivity contribution in [3.63, 3.8) is 0 Å². The van der Waals surface area contributed by atoms with E-state index in [4.69, 9.17) is 0 Å². The summed E-state index contributed by atoms with van der Waals surface area (Å²) in [5, 5.41) is 10.3. The summed E-state index contributed by atoms with van der Waals surface area (Å²) >= 11 is 1.53. The molecular formula is C16H16NO4S2-. The van der Waals surface area contributed by atoms with Crippen LogP contribution in [0.3, 0.4) is 0 Å². The second-order valence-electron chi connectivity index (χ2n) is 5.02. The molecule has 0 aliphatic heterocycles.